The molecule has 6 nitrogen and oxygen atoms in total. The lowest BCUT2D eigenvalue weighted by atomic mass is 10.0. The molecule has 0 bridgehead atoms. The van der Waals surface area contributed by atoms with Crippen LogP contribution in [-0.4, -0.2) is 41.5 Å². The summed E-state index contributed by atoms with van der Waals surface area (Å²) in [4.78, 5) is 30.3. The topological polar surface area (TPSA) is 68.7 Å². The van der Waals surface area contributed by atoms with Gasteiger partial charge in [0.05, 0.1) is 6.04 Å². The number of nitrogens with zero attached hydrogens (tertiary/aromatic N) is 2. The van der Waals surface area contributed by atoms with Crippen LogP contribution in [0.4, 0.5) is 0 Å². The average Bonchev–Trinajstić information content (AvgIpc) is 3.07. The molecule has 23 heavy (non-hydrogen) atoms. The number of pyridine rings is 1. The van der Waals surface area contributed by atoms with Crippen molar-refractivity contribution < 1.29 is 19.1 Å². The Hall–Kier alpha value is -2.89. The van der Waals surface area contributed by atoms with Crippen LogP contribution in [0.3, 0.4) is 0 Å². The molecule has 2 heterocycles. The van der Waals surface area contributed by atoms with Gasteiger partial charge in [-0.25, -0.2) is 0 Å². The van der Waals surface area contributed by atoms with Gasteiger partial charge >= 0.3 is 0 Å². The second-order valence-electron chi connectivity index (χ2n) is 5.26. The van der Waals surface area contributed by atoms with Crippen LogP contribution in [0.5, 0.6) is 11.5 Å². The van der Waals surface area contributed by atoms with Crippen molar-refractivity contribution in [3.8, 4) is 11.5 Å². The maximum Gasteiger partial charge on any atom is 0.254 e. The number of likely N-dealkylation sites (N-methyl/N-ethyl adjacent to an activating group) is 1. The molecule has 1 aromatic heterocycles. The summed E-state index contributed by atoms with van der Waals surface area (Å²) in [5.74, 6) is 0.781. The molecule has 0 spiro atoms. The van der Waals surface area contributed by atoms with Gasteiger partial charge in [0.1, 0.15) is 0 Å². The van der Waals surface area contributed by atoms with Crippen LogP contribution in [-0.2, 0) is 0 Å². The molecule has 6 heteroatoms. The zero-order valence-electron chi connectivity index (χ0n) is 12.9. The summed E-state index contributed by atoms with van der Waals surface area (Å²) in [6.45, 7) is 1.86. The van der Waals surface area contributed by atoms with Crippen molar-refractivity contribution >= 4 is 11.7 Å². The summed E-state index contributed by atoms with van der Waals surface area (Å²) >= 11 is 0. The molecule has 0 radical (unpaired) electrons. The molecule has 2 aromatic rings. The van der Waals surface area contributed by atoms with E-state index >= 15 is 0 Å². The summed E-state index contributed by atoms with van der Waals surface area (Å²) in [6, 6.07) is 7.67. The molecule has 0 saturated carbocycles. The van der Waals surface area contributed by atoms with Gasteiger partial charge in [-0.15, -0.1) is 0 Å². The van der Waals surface area contributed by atoms with Crippen LogP contribution >= 0.6 is 0 Å². The third-order valence-electron chi connectivity index (χ3n) is 3.87. The van der Waals surface area contributed by atoms with Gasteiger partial charge in [-0.3, -0.25) is 14.6 Å². The quantitative estimate of drug-likeness (QED) is 0.809. The zero-order chi connectivity index (χ0) is 16.4. The van der Waals surface area contributed by atoms with E-state index in [1.807, 2.05) is 0 Å². The molecule has 1 amide bonds. The number of carbonyl (C=O) groups is 2. The average molecular weight is 312 g/mol. The zero-order valence-corrected chi connectivity index (χ0v) is 12.9. The smallest absolute Gasteiger partial charge is 0.254 e. The molecule has 0 N–H and O–H groups in total. The molecular weight excluding hydrogens is 296 g/mol. The Balaban J connectivity index is 1.78. The molecule has 3 rings (SSSR count). The lowest BCUT2D eigenvalue weighted by Crippen LogP contribution is -2.40. The second-order valence-corrected chi connectivity index (χ2v) is 5.26. The highest BCUT2D eigenvalue weighted by Gasteiger charge is 2.26. The van der Waals surface area contributed by atoms with Gasteiger partial charge in [-0.2, -0.15) is 0 Å². The van der Waals surface area contributed by atoms with Crippen LogP contribution < -0.4 is 9.47 Å². The van der Waals surface area contributed by atoms with Gasteiger partial charge in [0.2, 0.25) is 6.79 Å². The third-order valence-corrected chi connectivity index (χ3v) is 3.87. The number of hydrogen-bond acceptors (Lipinski definition) is 5. The van der Waals surface area contributed by atoms with E-state index in [1.54, 1.807) is 56.7 Å². The van der Waals surface area contributed by atoms with Crippen LogP contribution in [0, 0.1) is 0 Å². The van der Waals surface area contributed by atoms with Crippen molar-refractivity contribution in [3.63, 3.8) is 0 Å². The predicted molar refractivity (Wildman–Crippen MR) is 82.7 cm³/mol. The molecule has 1 aromatic carbocycles. The van der Waals surface area contributed by atoms with Crippen molar-refractivity contribution in [2.45, 2.75) is 13.0 Å². The van der Waals surface area contributed by atoms with Gasteiger partial charge in [-0.1, -0.05) is 0 Å². The fourth-order valence-corrected chi connectivity index (χ4v) is 2.34. The third kappa shape index (κ3) is 2.88. The van der Waals surface area contributed by atoms with Crippen LogP contribution in [0.25, 0.3) is 0 Å². The number of benzene rings is 1. The van der Waals surface area contributed by atoms with Crippen LogP contribution in [0.2, 0.25) is 0 Å². The second kappa shape index (κ2) is 6.08. The predicted octanol–water partition coefficient (Wildman–Crippen LogP) is 2.15. The lowest BCUT2D eigenvalue weighted by Gasteiger charge is -2.24. The van der Waals surface area contributed by atoms with Crippen LogP contribution in [0.1, 0.15) is 27.6 Å². The standard InChI is InChI=1S/C17H16N2O4/c1-11(19(2)17(21)12-5-7-18-8-6-12)16(20)13-3-4-14-15(9-13)23-10-22-14/h3-9,11H,10H2,1-2H3/t11-/m1/s1. The van der Waals surface area contributed by atoms with Crippen molar-refractivity contribution in [1.29, 1.82) is 0 Å². The first-order valence-electron chi connectivity index (χ1n) is 7.19. The first-order valence-corrected chi connectivity index (χ1v) is 7.19. The number of rotatable bonds is 4. The molecule has 1 aliphatic heterocycles. The molecule has 1 aliphatic rings. The Morgan fingerprint density at radius 3 is 2.52 bits per heavy atom. The summed E-state index contributed by atoms with van der Waals surface area (Å²) in [5.41, 5.74) is 0.976. The number of amides is 1. The summed E-state index contributed by atoms with van der Waals surface area (Å²) in [6.07, 6.45) is 3.09. The molecular formula is C17H16N2O4. The Morgan fingerprint density at radius 2 is 1.78 bits per heavy atom. The van der Waals surface area contributed by atoms with Gasteiger partial charge in [0.25, 0.3) is 5.91 Å². The number of aromatic nitrogens is 1. The Bertz CT molecular complexity index is 746. The Morgan fingerprint density at radius 1 is 1.09 bits per heavy atom. The van der Waals surface area contributed by atoms with E-state index in [4.69, 9.17) is 9.47 Å². The molecule has 0 saturated heterocycles. The minimum atomic E-state index is -0.601. The Labute approximate surface area is 133 Å². The van der Waals surface area contributed by atoms with E-state index in [2.05, 4.69) is 4.98 Å². The van der Waals surface area contributed by atoms with E-state index in [1.165, 1.54) is 4.90 Å². The minimum Gasteiger partial charge on any atom is -0.454 e. The van der Waals surface area contributed by atoms with E-state index in [9.17, 15) is 9.59 Å². The first kappa shape index (κ1) is 15.0. The fourth-order valence-electron chi connectivity index (χ4n) is 2.34. The van der Waals surface area contributed by atoms with Gasteiger partial charge < -0.3 is 14.4 Å². The maximum absolute atomic E-state index is 12.6. The number of hydrogen-bond donors (Lipinski definition) is 0. The number of ketones is 1. The number of fused-ring (bicyclic) bond motifs is 1. The van der Waals surface area contributed by atoms with Gasteiger partial charge in [0.15, 0.2) is 17.3 Å². The highest BCUT2D eigenvalue weighted by atomic mass is 16.7. The molecule has 1 atom stereocenters. The Kier molecular flexibility index (Phi) is 3.97. The minimum absolute atomic E-state index is 0.156. The molecule has 0 fully saturated rings. The molecule has 0 aliphatic carbocycles. The van der Waals surface area contributed by atoms with Crippen molar-refractivity contribution in [2.24, 2.45) is 0 Å². The van der Waals surface area contributed by atoms with Crippen molar-refractivity contribution in [1.82, 2.24) is 9.88 Å². The fraction of sp³-hybridized carbons (Fsp3) is 0.235. The highest BCUT2D eigenvalue weighted by Crippen LogP contribution is 2.33. The normalized spacial score (nSPS) is 13.5. The van der Waals surface area contributed by atoms with Crippen molar-refractivity contribution in [2.75, 3.05) is 13.8 Å². The molecule has 118 valence electrons. The van der Waals surface area contributed by atoms with Gasteiger partial charge in [-0.05, 0) is 37.3 Å². The number of Topliss-reactive ketones (excluding diaryl/α,β-unsaturated/α-hetero) is 1. The van der Waals surface area contributed by atoms with E-state index in [-0.39, 0.29) is 18.5 Å². The van der Waals surface area contributed by atoms with E-state index in [0.717, 1.165) is 0 Å². The SMILES string of the molecule is C[C@H](C(=O)c1ccc2c(c1)OCO2)N(C)C(=O)c1ccncc1. The van der Waals surface area contributed by atoms with Crippen LogP contribution in [0.15, 0.2) is 42.7 Å². The number of ether oxygens (including phenoxy) is 2. The first-order chi connectivity index (χ1) is 11.1. The maximum atomic E-state index is 12.6. The molecule has 0 unspecified atom stereocenters. The van der Waals surface area contributed by atoms with Gasteiger partial charge in [0, 0.05) is 30.6 Å². The summed E-state index contributed by atoms with van der Waals surface area (Å²) < 4.78 is 10.5. The summed E-state index contributed by atoms with van der Waals surface area (Å²) in [5, 5.41) is 0. The monoisotopic (exact) mass is 312 g/mol. The largest absolute Gasteiger partial charge is 0.454 e. The lowest BCUT2D eigenvalue weighted by molar-refractivity contribution is 0.0675. The summed E-state index contributed by atoms with van der Waals surface area (Å²) in [7, 11) is 1.61. The van der Waals surface area contributed by atoms with E-state index < -0.39 is 6.04 Å². The highest BCUT2D eigenvalue weighted by molar-refractivity contribution is 6.04. The van der Waals surface area contributed by atoms with Crippen molar-refractivity contribution in [3.05, 3.63) is 53.9 Å². The number of carbonyl (C=O) groups excluding carboxylic acids is 2. The van der Waals surface area contributed by atoms with E-state index in [0.29, 0.717) is 22.6 Å².